The number of alkyl halides is 3. The standard InChI is InChI=1S/C21H22F3NO3/c1-13(2)20(15-5-8-17-18(12-15)28-10-9-27-17)25-19(26)11-14-3-6-16(7-4-14)21(22,23)24/h3-8,12-13,20H,9-11H2,1-2H3,(H,25,26)/t20-/m1/s1. The van der Waals surface area contributed by atoms with Gasteiger partial charge < -0.3 is 14.8 Å². The molecule has 0 spiro atoms. The predicted octanol–water partition coefficient (Wildman–Crippen LogP) is 4.53. The molecule has 3 rings (SSSR count). The molecule has 1 N–H and O–H groups in total. The third-order valence-electron chi connectivity index (χ3n) is 4.55. The number of rotatable bonds is 5. The van der Waals surface area contributed by atoms with Crippen LogP contribution in [0.25, 0.3) is 0 Å². The summed E-state index contributed by atoms with van der Waals surface area (Å²) in [5.41, 5.74) is 0.684. The van der Waals surface area contributed by atoms with Crippen LogP contribution in [-0.4, -0.2) is 19.1 Å². The summed E-state index contributed by atoms with van der Waals surface area (Å²) in [5.74, 6) is 1.17. The van der Waals surface area contributed by atoms with Crippen LogP contribution in [0.1, 0.15) is 36.6 Å². The molecular formula is C21H22F3NO3. The number of fused-ring (bicyclic) bond motifs is 1. The van der Waals surface area contributed by atoms with E-state index in [1.54, 1.807) is 0 Å². The van der Waals surface area contributed by atoms with Crippen molar-refractivity contribution in [3.63, 3.8) is 0 Å². The number of hydrogen-bond acceptors (Lipinski definition) is 3. The fourth-order valence-electron chi connectivity index (χ4n) is 3.11. The lowest BCUT2D eigenvalue weighted by Crippen LogP contribution is -2.33. The van der Waals surface area contributed by atoms with E-state index in [1.165, 1.54) is 12.1 Å². The number of nitrogens with one attached hydrogen (secondary N) is 1. The van der Waals surface area contributed by atoms with Gasteiger partial charge in [-0.2, -0.15) is 13.2 Å². The largest absolute Gasteiger partial charge is 0.486 e. The normalized spacial score (nSPS) is 14.6. The Labute approximate surface area is 161 Å². The van der Waals surface area contributed by atoms with Gasteiger partial charge in [-0.1, -0.05) is 32.0 Å². The van der Waals surface area contributed by atoms with Crippen molar-refractivity contribution in [1.82, 2.24) is 5.32 Å². The average molecular weight is 393 g/mol. The van der Waals surface area contributed by atoms with Gasteiger partial charge in [0.25, 0.3) is 0 Å². The molecule has 0 bridgehead atoms. The molecule has 0 saturated carbocycles. The third kappa shape index (κ3) is 4.77. The van der Waals surface area contributed by atoms with Crippen LogP contribution in [0.2, 0.25) is 0 Å². The summed E-state index contributed by atoms with van der Waals surface area (Å²) in [6.07, 6.45) is -4.38. The summed E-state index contributed by atoms with van der Waals surface area (Å²) >= 11 is 0. The van der Waals surface area contributed by atoms with Crippen molar-refractivity contribution < 1.29 is 27.4 Å². The highest BCUT2D eigenvalue weighted by atomic mass is 19.4. The number of carbonyl (C=O) groups excluding carboxylic acids is 1. The molecule has 0 aromatic heterocycles. The van der Waals surface area contributed by atoms with Crippen molar-refractivity contribution in [2.75, 3.05) is 13.2 Å². The van der Waals surface area contributed by atoms with Crippen LogP contribution in [0.15, 0.2) is 42.5 Å². The van der Waals surface area contributed by atoms with E-state index in [2.05, 4.69) is 5.32 Å². The molecule has 0 unspecified atom stereocenters. The van der Waals surface area contributed by atoms with Gasteiger partial charge in [-0.05, 0) is 41.3 Å². The van der Waals surface area contributed by atoms with Crippen LogP contribution in [0, 0.1) is 5.92 Å². The topological polar surface area (TPSA) is 47.6 Å². The maximum absolute atomic E-state index is 12.7. The van der Waals surface area contributed by atoms with Gasteiger partial charge in [0.1, 0.15) is 13.2 Å². The molecule has 2 aromatic rings. The molecule has 0 fully saturated rings. The Morgan fingerprint density at radius 2 is 1.68 bits per heavy atom. The zero-order valence-electron chi connectivity index (χ0n) is 15.7. The van der Waals surface area contributed by atoms with Crippen molar-refractivity contribution >= 4 is 5.91 Å². The van der Waals surface area contributed by atoms with Crippen molar-refractivity contribution in [3.05, 3.63) is 59.2 Å². The quantitative estimate of drug-likeness (QED) is 0.812. The first kappa shape index (κ1) is 20.0. The summed E-state index contributed by atoms with van der Waals surface area (Å²) < 4.78 is 49.1. The number of benzene rings is 2. The Balaban J connectivity index is 1.69. The molecular weight excluding hydrogens is 371 g/mol. The summed E-state index contributed by atoms with van der Waals surface area (Å²) in [7, 11) is 0. The minimum atomic E-state index is -4.39. The molecule has 1 aliphatic heterocycles. The predicted molar refractivity (Wildman–Crippen MR) is 98.3 cm³/mol. The second kappa shape index (κ2) is 8.12. The fraction of sp³-hybridized carbons (Fsp3) is 0.381. The second-order valence-corrected chi connectivity index (χ2v) is 7.06. The number of halogens is 3. The van der Waals surface area contributed by atoms with Crippen LogP contribution in [0.3, 0.4) is 0 Å². The van der Waals surface area contributed by atoms with Gasteiger partial charge in [-0.15, -0.1) is 0 Å². The van der Waals surface area contributed by atoms with Gasteiger partial charge in [0, 0.05) is 0 Å². The van der Waals surface area contributed by atoms with Crippen LogP contribution in [0.5, 0.6) is 11.5 Å². The van der Waals surface area contributed by atoms with E-state index in [-0.39, 0.29) is 24.3 Å². The highest BCUT2D eigenvalue weighted by molar-refractivity contribution is 5.79. The van der Waals surface area contributed by atoms with Crippen LogP contribution in [-0.2, 0) is 17.4 Å². The summed E-state index contributed by atoms with van der Waals surface area (Å²) in [5, 5.41) is 2.98. The van der Waals surface area contributed by atoms with E-state index in [9.17, 15) is 18.0 Å². The third-order valence-corrected chi connectivity index (χ3v) is 4.55. The lowest BCUT2D eigenvalue weighted by Gasteiger charge is -2.25. The lowest BCUT2D eigenvalue weighted by molar-refractivity contribution is -0.137. The number of ether oxygens (including phenoxy) is 2. The van der Waals surface area contributed by atoms with Crippen LogP contribution >= 0.6 is 0 Å². The van der Waals surface area contributed by atoms with Gasteiger partial charge in [0.05, 0.1) is 18.0 Å². The van der Waals surface area contributed by atoms with E-state index in [0.29, 0.717) is 30.3 Å². The van der Waals surface area contributed by atoms with E-state index < -0.39 is 11.7 Å². The minimum absolute atomic E-state index is 0.00586. The highest BCUT2D eigenvalue weighted by Gasteiger charge is 2.30. The first-order valence-corrected chi connectivity index (χ1v) is 9.09. The molecule has 1 amide bonds. The first-order chi connectivity index (χ1) is 13.2. The molecule has 1 heterocycles. The van der Waals surface area contributed by atoms with Crippen molar-refractivity contribution in [2.45, 2.75) is 32.5 Å². The molecule has 7 heteroatoms. The molecule has 1 atom stereocenters. The smallest absolute Gasteiger partial charge is 0.416 e. The van der Waals surface area contributed by atoms with Gasteiger partial charge in [-0.25, -0.2) is 0 Å². The van der Waals surface area contributed by atoms with Gasteiger partial charge >= 0.3 is 6.18 Å². The summed E-state index contributed by atoms with van der Waals surface area (Å²) in [6, 6.07) is 9.95. The summed E-state index contributed by atoms with van der Waals surface area (Å²) in [6.45, 7) is 4.95. The Hall–Kier alpha value is -2.70. The fourth-order valence-corrected chi connectivity index (χ4v) is 3.11. The van der Waals surface area contributed by atoms with Crippen LogP contribution < -0.4 is 14.8 Å². The van der Waals surface area contributed by atoms with E-state index >= 15 is 0 Å². The molecule has 0 aliphatic carbocycles. The van der Waals surface area contributed by atoms with Crippen molar-refractivity contribution in [3.8, 4) is 11.5 Å². The monoisotopic (exact) mass is 393 g/mol. The Morgan fingerprint density at radius 3 is 2.29 bits per heavy atom. The van der Waals surface area contributed by atoms with Crippen LogP contribution in [0.4, 0.5) is 13.2 Å². The van der Waals surface area contributed by atoms with Crippen molar-refractivity contribution in [1.29, 1.82) is 0 Å². The Bertz CT molecular complexity index is 832. The molecule has 2 aromatic carbocycles. The average Bonchev–Trinajstić information content (AvgIpc) is 2.65. The molecule has 0 saturated heterocycles. The van der Waals surface area contributed by atoms with Gasteiger partial charge in [0.2, 0.25) is 5.91 Å². The molecule has 0 radical (unpaired) electrons. The van der Waals surface area contributed by atoms with E-state index in [0.717, 1.165) is 17.7 Å². The maximum atomic E-state index is 12.7. The summed E-state index contributed by atoms with van der Waals surface area (Å²) in [4.78, 5) is 12.5. The number of hydrogen-bond donors (Lipinski definition) is 1. The Morgan fingerprint density at radius 1 is 1.04 bits per heavy atom. The van der Waals surface area contributed by atoms with Gasteiger partial charge in [0.15, 0.2) is 11.5 Å². The second-order valence-electron chi connectivity index (χ2n) is 7.06. The van der Waals surface area contributed by atoms with E-state index in [1.807, 2.05) is 32.0 Å². The SMILES string of the molecule is CC(C)[C@@H](NC(=O)Cc1ccc(C(F)(F)F)cc1)c1ccc2c(c1)OCCO2. The van der Waals surface area contributed by atoms with Crippen molar-refractivity contribution in [2.24, 2.45) is 5.92 Å². The Kier molecular flexibility index (Phi) is 5.82. The maximum Gasteiger partial charge on any atom is 0.416 e. The van der Waals surface area contributed by atoms with Gasteiger partial charge in [-0.3, -0.25) is 4.79 Å². The molecule has 4 nitrogen and oxygen atoms in total. The number of carbonyl (C=O) groups is 1. The molecule has 28 heavy (non-hydrogen) atoms. The molecule has 1 aliphatic rings. The number of amides is 1. The zero-order valence-corrected chi connectivity index (χ0v) is 15.7. The van der Waals surface area contributed by atoms with E-state index in [4.69, 9.17) is 9.47 Å². The zero-order chi connectivity index (χ0) is 20.3. The first-order valence-electron chi connectivity index (χ1n) is 9.09. The highest BCUT2D eigenvalue weighted by Crippen LogP contribution is 2.34. The minimum Gasteiger partial charge on any atom is -0.486 e. The molecule has 150 valence electrons. The lowest BCUT2D eigenvalue weighted by atomic mass is 9.95.